The molecule has 7 heteroatoms. The van der Waals surface area contributed by atoms with E-state index in [4.69, 9.17) is 10.00 Å². The van der Waals surface area contributed by atoms with Gasteiger partial charge in [-0.25, -0.2) is 0 Å². The van der Waals surface area contributed by atoms with Crippen LogP contribution in [-0.2, 0) is 4.74 Å². The van der Waals surface area contributed by atoms with Gasteiger partial charge in [0.2, 0.25) is 0 Å². The molecule has 0 radical (unpaired) electrons. The lowest BCUT2D eigenvalue weighted by atomic mass is 10.1. The summed E-state index contributed by atoms with van der Waals surface area (Å²) in [6, 6.07) is 11.4. The lowest BCUT2D eigenvalue weighted by Crippen LogP contribution is -2.45. The van der Waals surface area contributed by atoms with Crippen LogP contribution in [-0.4, -0.2) is 46.8 Å². The standard InChI is InChI=1S/C15H13BrN4O2/c16-11-3-1-10(2-4-11)13-7-14(19-18-13)15(21)20-5-6-22-12(8-17)9-20/h1-4,7,12H,5-6,9H2,(H,18,19). The third-order valence-corrected chi connectivity index (χ3v) is 3.97. The van der Waals surface area contributed by atoms with Crippen LogP contribution in [0.3, 0.4) is 0 Å². The van der Waals surface area contributed by atoms with Crippen molar-refractivity contribution in [2.45, 2.75) is 6.10 Å². The number of nitrogens with zero attached hydrogens (tertiary/aromatic N) is 3. The fourth-order valence-corrected chi connectivity index (χ4v) is 2.55. The second-order valence-corrected chi connectivity index (χ2v) is 5.83. The third kappa shape index (κ3) is 3.03. The van der Waals surface area contributed by atoms with Crippen molar-refractivity contribution in [3.8, 4) is 17.3 Å². The Bertz CT molecular complexity index is 720. The molecule has 0 spiro atoms. The number of ether oxygens (including phenoxy) is 1. The summed E-state index contributed by atoms with van der Waals surface area (Å²) in [5.41, 5.74) is 2.05. The van der Waals surface area contributed by atoms with Crippen molar-refractivity contribution in [1.29, 1.82) is 5.26 Å². The maximum absolute atomic E-state index is 12.4. The number of carbonyl (C=O) groups excluding carboxylic acids is 1. The minimum atomic E-state index is -0.563. The first-order valence-electron chi connectivity index (χ1n) is 6.79. The largest absolute Gasteiger partial charge is 0.360 e. The maximum atomic E-state index is 12.4. The van der Waals surface area contributed by atoms with E-state index < -0.39 is 6.10 Å². The van der Waals surface area contributed by atoms with Crippen molar-refractivity contribution in [3.05, 3.63) is 40.5 Å². The molecule has 1 saturated heterocycles. The van der Waals surface area contributed by atoms with Crippen LogP contribution in [0.1, 0.15) is 10.5 Å². The van der Waals surface area contributed by atoms with Crippen molar-refractivity contribution in [2.24, 2.45) is 0 Å². The van der Waals surface area contributed by atoms with Crippen molar-refractivity contribution in [1.82, 2.24) is 15.1 Å². The van der Waals surface area contributed by atoms with Crippen LogP contribution in [0.5, 0.6) is 0 Å². The van der Waals surface area contributed by atoms with Gasteiger partial charge in [-0.15, -0.1) is 0 Å². The molecule has 6 nitrogen and oxygen atoms in total. The Morgan fingerprint density at radius 1 is 1.45 bits per heavy atom. The molecule has 0 saturated carbocycles. The van der Waals surface area contributed by atoms with Crippen LogP contribution in [0.15, 0.2) is 34.8 Å². The van der Waals surface area contributed by atoms with Gasteiger partial charge < -0.3 is 9.64 Å². The highest BCUT2D eigenvalue weighted by Gasteiger charge is 2.26. The summed E-state index contributed by atoms with van der Waals surface area (Å²) in [6.45, 7) is 1.13. The van der Waals surface area contributed by atoms with E-state index in [1.54, 1.807) is 11.0 Å². The normalized spacial score (nSPS) is 18.0. The number of carbonyl (C=O) groups is 1. The van der Waals surface area contributed by atoms with Gasteiger partial charge in [0.15, 0.2) is 6.10 Å². The number of morpholine rings is 1. The Morgan fingerprint density at radius 2 is 2.23 bits per heavy atom. The highest BCUT2D eigenvalue weighted by molar-refractivity contribution is 9.10. The number of aromatic amines is 1. The van der Waals surface area contributed by atoms with E-state index in [1.165, 1.54) is 0 Å². The number of hydrogen-bond acceptors (Lipinski definition) is 4. The van der Waals surface area contributed by atoms with Crippen molar-refractivity contribution in [3.63, 3.8) is 0 Å². The van der Waals surface area contributed by atoms with Gasteiger partial charge in [-0.05, 0) is 18.2 Å². The monoisotopic (exact) mass is 360 g/mol. The van der Waals surface area contributed by atoms with Gasteiger partial charge in [-0.1, -0.05) is 28.1 Å². The maximum Gasteiger partial charge on any atom is 0.272 e. The van der Waals surface area contributed by atoms with Crippen molar-refractivity contribution in [2.75, 3.05) is 19.7 Å². The predicted molar refractivity (Wildman–Crippen MR) is 83.0 cm³/mol. The fourth-order valence-electron chi connectivity index (χ4n) is 2.28. The van der Waals surface area contributed by atoms with Crippen LogP contribution < -0.4 is 0 Å². The van der Waals surface area contributed by atoms with Gasteiger partial charge >= 0.3 is 0 Å². The number of nitriles is 1. The molecule has 0 aliphatic carbocycles. The Hall–Kier alpha value is -2.17. The Morgan fingerprint density at radius 3 is 2.95 bits per heavy atom. The van der Waals surface area contributed by atoms with E-state index in [1.807, 2.05) is 30.3 Å². The first-order valence-corrected chi connectivity index (χ1v) is 7.58. The molecule has 22 heavy (non-hydrogen) atoms. The molecule has 0 bridgehead atoms. The number of rotatable bonds is 2. The summed E-state index contributed by atoms with van der Waals surface area (Å²) in [4.78, 5) is 14.0. The average molecular weight is 361 g/mol. The van der Waals surface area contributed by atoms with Gasteiger partial charge in [0.05, 0.1) is 24.9 Å². The number of aromatic nitrogens is 2. The molecule has 1 aliphatic heterocycles. The molecule has 2 heterocycles. The van der Waals surface area contributed by atoms with Gasteiger partial charge in [0, 0.05) is 16.6 Å². The predicted octanol–water partition coefficient (Wildman–Crippen LogP) is 2.20. The van der Waals surface area contributed by atoms with Crippen LogP contribution in [0.25, 0.3) is 11.3 Å². The van der Waals surface area contributed by atoms with E-state index >= 15 is 0 Å². The molecule has 1 atom stereocenters. The molecule has 1 fully saturated rings. The zero-order valence-corrected chi connectivity index (χ0v) is 13.2. The number of halogens is 1. The molecule has 1 aromatic heterocycles. The van der Waals surface area contributed by atoms with Crippen LogP contribution >= 0.6 is 15.9 Å². The lowest BCUT2D eigenvalue weighted by molar-refractivity contribution is 0.00320. The van der Waals surface area contributed by atoms with Gasteiger partial charge in [-0.3, -0.25) is 9.89 Å². The quantitative estimate of drug-likeness (QED) is 0.889. The highest BCUT2D eigenvalue weighted by atomic mass is 79.9. The van der Waals surface area contributed by atoms with Gasteiger partial charge in [-0.2, -0.15) is 10.4 Å². The molecule has 1 aromatic carbocycles. The molecule has 1 amide bonds. The van der Waals surface area contributed by atoms with E-state index in [0.29, 0.717) is 24.5 Å². The summed E-state index contributed by atoms with van der Waals surface area (Å²) in [5, 5.41) is 15.9. The minimum Gasteiger partial charge on any atom is -0.360 e. The molecule has 1 unspecified atom stereocenters. The smallest absolute Gasteiger partial charge is 0.272 e. The topological polar surface area (TPSA) is 82.0 Å². The summed E-state index contributed by atoms with van der Waals surface area (Å²) >= 11 is 3.38. The highest BCUT2D eigenvalue weighted by Crippen LogP contribution is 2.21. The molecule has 1 N–H and O–H groups in total. The summed E-state index contributed by atoms with van der Waals surface area (Å²) in [5.74, 6) is -0.167. The SMILES string of the molecule is N#CC1CN(C(=O)c2cc(-c3ccc(Br)cc3)n[nH]2)CCO1. The summed E-state index contributed by atoms with van der Waals surface area (Å²) in [7, 11) is 0. The first-order chi connectivity index (χ1) is 10.7. The van der Waals surface area contributed by atoms with Crippen LogP contribution in [0, 0.1) is 11.3 Å². The lowest BCUT2D eigenvalue weighted by Gasteiger charge is -2.29. The average Bonchev–Trinajstić information content (AvgIpc) is 3.05. The number of amides is 1. The van der Waals surface area contributed by atoms with E-state index in [2.05, 4.69) is 26.1 Å². The fraction of sp³-hybridized carbons (Fsp3) is 0.267. The Kier molecular flexibility index (Phi) is 4.22. The zero-order valence-electron chi connectivity index (χ0n) is 11.6. The second-order valence-electron chi connectivity index (χ2n) is 4.91. The number of H-pyrrole nitrogens is 1. The van der Waals surface area contributed by atoms with Gasteiger partial charge in [0.1, 0.15) is 5.69 Å². The number of hydrogen-bond donors (Lipinski definition) is 1. The van der Waals surface area contributed by atoms with E-state index in [-0.39, 0.29) is 12.5 Å². The molecular formula is C15H13BrN4O2. The molecular weight excluding hydrogens is 348 g/mol. The number of nitrogens with one attached hydrogen (secondary N) is 1. The van der Waals surface area contributed by atoms with Gasteiger partial charge in [0.25, 0.3) is 5.91 Å². The second kappa shape index (κ2) is 6.30. The molecule has 3 rings (SSSR count). The summed E-state index contributed by atoms with van der Waals surface area (Å²) < 4.78 is 6.23. The van der Waals surface area contributed by atoms with Crippen molar-refractivity contribution >= 4 is 21.8 Å². The zero-order chi connectivity index (χ0) is 15.5. The van der Waals surface area contributed by atoms with Crippen LogP contribution in [0.4, 0.5) is 0 Å². The minimum absolute atomic E-state index is 0.167. The Balaban J connectivity index is 1.77. The van der Waals surface area contributed by atoms with E-state index in [9.17, 15) is 4.79 Å². The number of benzene rings is 1. The molecule has 2 aromatic rings. The van der Waals surface area contributed by atoms with Crippen molar-refractivity contribution < 1.29 is 9.53 Å². The molecule has 112 valence electrons. The van der Waals surface area contributed by atoms with E-state index in [0.717, 1.165) is 10.0 Å². The Labute approximate surface area is 135 Å². The molecule has 1 aliphatic rings. The summed E-state index contributed by atoms with van der Waals surface area (Å²) in [6.07, 6.45) is -0.563. The first kappa shape index (κ1) is 14.8. The third-order valence-electron chi connectivity index (χ3n) is 3.45. The van der Waals surface area contributed by atoms with Crippen LogP contribution in [0.2, 0.25) is 0 Å².